The third-order valence-corrected chi connectivity index (χ3v) is 3.45. The van der Waals surface area contributed by atoms with Crippen LogP contribution in [0.2, 0.25) is 0 Å². The van der Waals surface area contributed by atoms with Gasteiger partial charge >= 0.3 is 5.97 Å². The molecule has 0 saturated carbocycles. The SMILES string of the molecule is CCN(CC)c1ccc(C(=O)O)c(-c2ccccc2)c1. The predicted octanol–water partition coefficient (Wildman–Crippen LogP) is 3.90. The van der Waals surface area contributed by atoms with Gasteiger partial charge in [0.25, 0.3) is 0 Å². The summed E-state index contributed by atoms with van der Waals surface area (Å²) in [5.41, 5.74) is 3.09. The zero-order valence-electron chi connectivity index (χ0n) is 11.8. The van der Waals surface area contributed by atoms with Crippen molar-refractivity contribution in [2.75, 3.05) is 18.0 Å². The van der Waals surface area contributed by atoms with Gasteiger partial charge in [-0.1, -0.05) is 30.3 Å². The summed E-state index contributed by atoms with van der Waals surface area (Å²) in [5, 5.41) is 9.36. The number of aromatic carboxylic acids is 1. The third-order valence-electron chi connectivity index (χ3n) is 3.45. The van der Waals surface area contributed by atoms with E-state index in [4.69, 9.17) is 0 Å². The maximum atomic E-state index is 11.4. The van der Waals surface area contributed by atoms with E-state index in [1.807, 2.05) is 42.5 Å². The van der Waals surface area contributed by atoms with Crippen LogP contribution in [-0.4, -0.2) is 24.2 Å². The molecule has 0 atom stereocenters. The monoisotopic (exact) mass is 269 g/mol. The van der Waals surface area contributed by atoms with E-state index in [-0.39, 0.29) is 0 Å². The van der Waals surface area contributed by atoms with Crippen LogP contribution in [0.15, 0.2) is 48.5 Å². The first-order valence-corrected chi connectivity index (χ1v) is 6.85. The number of rotatable bonds is 5. The summed E-state index contributed by atoms with van der Waals surface area (Å²) >= 11 is 0. The van der Waals surface area contributed by atoms with Gasteiger partial charge in [0.05, 0.1) is 5.56 Å². The number of hydrogen-bond acceptors (Lipinski definition) is 2. The molecule has 0 unspecified atom stereocenters. The molecular formula is C17H19NO2. The topological polar surface area (TPSA) is 40.5 Å². The molecule has 0 fully saturated rings. The zero-order valence-corrected chi connectivity index (χ0v) is 11.8. The first kappa shape index (κ1) is 14.1. The largest absolute Gasteiger partial charge is 0.478 e. The van der Waals surface area contributed by atoms with Crippen molar-refractivity contribution in [2.24, 2.45) is 0 Å². The van der Waals surface area contributed by atoms with Gasteiger partial charge in [0, 0.05) is 18.8 Å². The van der Waals surface area contributed by atoms with Crippen molar-refractivity contribution >= 4 is 11.7 Å². The minimum atomic E-state index is -0.894. The van der Waals surface area contributed by atoms with Crippen molar-refractivity contribution in [1.82, 2.24) is 0 Å². The van der Waals surface area contributed by atoms with Crippen molar-refractivity contribution in [3.63, 3.8) is 0 Å². The van der Waals surface area contributed by atoms with Crippen LogP contribution in [0.25, 0.3) is 11.1 Å². The highest BCUT2D eigenvalue weighted by atomic mass is 16.4. The molecule has 20 heavy (non-hydrogen) atoms. The van der Waals surface area contributed by atoms with E-state index in [1.165, 1.54) is 0 Å². The van der Waals surface area contributed by atoms with Gasteiger partial charge in [-0.2, -0.15) is 0 Å². The fraction of sp³-hybridized carbons (Fsp3) is 0.235. The smallest absolute Gasteiger partial charge is 0.336 e. The van der Waals surface area contributed by atoms with Crippen LogP contribution in [0.4, 0.5) is 5.69 Å². The van der Waals surface area contributed by atoms with E-state index < -0.39 is 5.97 Å². The molecule has 0 radical (unpaired) electrons. The Morgan fingerprint density at radius 1 is 1.05 bits per heavy atom. The molecule has 104 valence electrons. The highest BCUT2D eigenvalue weighted by Crippen LogP contribution is 2.28. The van der Waals surface area contributed by atoms with Crippen LogP contribution < -0.4 is 4.90 Å². The van der Waals surface area contributed by atoms with Crippen LogP contribution in [0, 0.1) is 0 Å². The van der Waals surface area contributed by atoms with Crippen molar-refractivity contribution in [3.8, 4) is 11.1 Å². The second kappa shape index (κ2) is 6.24. The number of anilines is 1. The molecule has 0 bridgehead atoms. The first-order valence-electron chi connectivity index (χ1n) is 6.85. The van der Waals surface area contributed by atoms with Crippen molar-refractivity contribution in [3.05, 3.63) is 54.1 Å². The van der Waals surface area contributed by atoms with Gasteiger partial charge < -0.3 is 10.0 Å². The molecule has 3 nitrogen and oxygen atoms in total. The maximum absolute atomic E-state index is 11.4. The Balaban J connectivity index is 2.56. The first-order chi connectivity index (χ1) is 9.67. The van der Waals surface area contributed by atoms with Gasteiger partial charge in [-0.25, -0.2) is 4.79 Å². The summed E-state index contributed by atoms with van der Waals surface area (Å²) < 4.78 is 0. The predicted molar refractivity (Wildman–Crippen MR) is 82.4 cm³/mol. The van der Waals surface area contributed by atoms with E-state index >= 15 is 0 Å². The van der Waals surface area contributed by atoms with Gasteiger partial charge in [0.2, 0.25) is 0 Å². The highest BCUT2D eigenvalue weighted by Gasteiger charge is 2.13. The molecule has 3 heteroatoms. The van der Waals surface area contributed by atoms with Crippen molar-refractivity contribution < 1.29 is 9.90 Å². The Kier molecular flexibility index (Phi) is 4.41. The molecular weight excluding hydrogens is 250 g/mol. The van der Waals surface area contributed by atoms with Crippen LogP contribution in [-0.2, 0) is 0 Å². The average Bonchev–Trinajstić information content (AvgIpc) is 2.49. The fourth-order valence-electron chi connectivity index (χ4n) is 2.36. The Labute approximate surface area is 119 Å². The lowest BCUT2D eigenvalue weighted by atomic mass is 9.98. The number of carboxylic acid groups (broad SMARTS) is 1. The molecule has 2 aromatic carbocycles. The highest BCUT2D eigenvalue weighted by molar-refractivity contribution is 5.97. The summed E-state index contributed by atoms with van der Waals surface area (Å²) in [5.74, 6) is -0.894. The van der Waals surface area contributed by atoms with E-state index in [0.717, 1.165) is 29.9 Å². The number of hydrogen-bond donors (Lipinski definition) is 1. The second-order valence-corrected chi connectivity index (χ2v) is 4.57. The minimum Gasteiger partial charge on any atom is -0.478 e. The van der Waals surface area contributed by atoms with Gasteiger partial charge in [-0.3, -0.25) is 0 Å². The van der Waals surface area contributed by atoms with Gasteiger partial charge in [-0.15, -0.1) is 0 Å². The summed E-state index contributed by atoms with van der Waals surface area (Å²) in [6, 6.07) is 15.2. The maximum Gasteiger partial charge on any atom is 0.336 e. The van der Waals surface area contributed by atoms with E-state index in [1.54, 1.807) is 6.07 Å². The lowest BCUT2D eigenvalue weighted by Crippen LogP contribution is -2.22. The molecule has 0 aliphatic rings. The number of carbonyl (C=O) groups is 1. The lowest BCUT2D eigenvalue weighted by molar-refractivity contribution is 0.0698. The average molecular weight is 269 g/mol. The number of nitrogens with zero attached hydrogens (tertiary/aromatic N) is 1. The van der Waals surface area contributed by atoms with Crippen molar-refractivity contribution in [2.45, 2.75) is 13.8 Å². The molecule has 0 saturated heterocycles. The second-order valence-electron chi connectivity index (χ2n) is 4.57. The summed E-state index contributed by atoms with van der Waals surface area (Å²) in [6.07, 6.45) is 0. The third kappa shape index (κ3) is 2.82. The van der Waals surface area contributed by atoms with Crippen LogP contribution >= 0.6 is 0 Å². The van der Waals surface area contributed by atoms with Gasteiger partial charge in [0.1, 0.15) is 0 Å². The molecule has 0 aliphatic heterocycles. The zero-order chi connectivity index (χ0) is 14.5. The molecule has 0 spiro atoms. The molecule has 0 amide bonds. The van der Waals surface area contributed by atoms with E-state index in [2.05, 4.69) is 18.7 Å². The Hall–Kier alpha value is -2.29. The number of carboxylic acids is 1. The summed E-state index contributed by atoms with van der Waals surface area (Å²) in [7, 11) is 0. The molecule has 2 rings (SSSR count). The standard InChI is InChI=1S/C17H19NO2/c1-3-18(4-2)14-10-11-15(17(19)20)16(12-14)13-8-6-5-7-9-13/h5-12H,3-4H2,1-2H3,(H,19,20). The molecule has 0 heterocycles. The molecule has 0 aromatic heterocycles. The Morgan fingerprint density at radius 2 is 1.70 bits per heavy atom. The van der Waals surface area contributed by atoms with Crippen molar-refractivity contribution in [1.29, 1.82) is 0 Å². The lowest BCUT2D eigenvalue weighted by Gasteiger charge is -2.22. The Bertz CT molecular complexity index is 589. The van der Waals surface area contributed by atoms with Crippen LogP contribution in [0.1, 0.15) is 24.2 Å². The summed E-state index contributed by atoms with van der Waals surface area (Å²) in [4.78, 5) is 13.6. The van der Waals surface area contributed by atoms with Crippen LogP contribution in [0.3, 0.4) is 0 Å². The van der Waals surface area contributed by atoms with Gasteiger partial charge in [0.15, 0.2) is 0 Å². The molecule has 2 aromatic rings. The Morgan fingerprint density at radius 3 is 2.25 bits per heavy atom. The number of benzene rings is 2. The van der Waals surface area contributed by atoms with Gasteiger partial charge in [-0.05, 0) is 43.2 Å². The fourth-order valence-corrected chi connectivity index (χ4v) is 2.36. The quantitative estimate of drug-likeness (QED) is 0.895. The summed E-state index contributed by atoms with van der Waals surface area (Å²) in [6.45, 7) is 5.99. The van der Waals surface area contributed by atoms with E-state index in [9.17, 15) is 9.90 Å². The van der Waals surface area contributed by atoms with E-state index in [0.29, 0.717) is 5.56 Å². The van der Waals surface area contributed by atoms with Crippen LogP contribution in [0.5, 0.6) is 0 Å². The molecule has 1 N–H and O–H groups in total. The molecule has 0 aliphatic carbocycles. The normalized spacial score (nSPS) is 10.3. The minimum absolute atomic E-state index is 0.340.